The second-order valence-corrected chi connectivity index (χ2v) is 9.43. The number of nitrogens with zero attached hydrogens (tertiary/aromatic N) is 1. The molecule has 2 N–H and O–H groups in total. The molecule has 0 aliphatic carbocycles. The fourth-order valence-corrected chi connectivity index (χ4v) is 5.02. The number of furan rings is 1. The van der Waals surface area contributed by atoms with Crippen molar-refractivity contribution in [1.82, 2.24) is 5.32 Å². The first-order chi connectivity index (χ1) is 18.6. The highest BCUT2D eigenvalue weighted by molar-refractivity contribution is 8.03. The summed E-state index contributed by atoms with van der Waals surface area (Å²) in [5, 5.41) is 16.0. The van der Waals surface area contributed by atoms with Crippen LogP contribution >= 0.6 is 11.8 Å². The number of nitriles is 1. The maximum Gasteiger partial charge on any atom is 0.416 e. The van der Waals surface area contributed by atoms with Gasteiger partial charge in [0, 0.05) is 16.9 Å². The van der Waals surface area contributed by atoms with Crippen molar-refractivity contribution in [2.24, 2.45) is 0 Å². The summed E-state index contributed by atoms with van der Waals surface area (Å²) in [6.45, 7) is 1.61. The number of carbonyl (C=O) groups excluding carboxylic acids is 2. The second-order valence-electron chi connectivity index (χ2n) is 8.44. The number of ketones is 1. The van der Waals surface area contributed by atoms with Crippen LogP contribution in [-0.4, -0.2) is 24.6 Å². The van der Waals surface area contributed by atoms with Crippen LogP contribution in [0.1, 0.15) is 34.5 Å². The number of methoxy groups -OCH3 is 1. The molecule has 7 nitrogen and oxygen atoms in total. The molecule has 1 aliphatic heterocycles. The number of benzene rings is 2. The van der Waals surface area contributed by atoms with Gasteiger partial charge in [-0.25, -0.2) is 0 Å². The Bertz CT molecular complexity index is 1490. The summed E-state index contributed by atoms with van der Waals surface area (Å²) in [6, 6.07) is 16.2. The SMILES string of the molecule is COc1ccc(C(=O)CSC2=C(C#N)C(c3ccco3)C(C(=O)Nc3cccc(C(F)(F)F)c3)=C(C)N2)cc1. The van der Waals surface area contributed by atoms with E-state index in [4.69, 9.17) is 9.15 Å². The molecule has 0 spiro atoms. The molecule has 0 saturated heterocycles. The van der Waals surface area contributed by atoms with Crippen molar-refractivity contribution in [2.75, 3.05) is 18.2 Å². The highest BCUT2D eigenvalue weighted by Gasteiger charge is 2.37. The third kappa shape index (κ3) is 6.18. The van der Waals surface area contributed by atoms with Crippen molar-refractivity contribution in [2.45, 2.75) is 19.0 Å². The Morgan fingerprint density at radius 2 is 1.90 bits per heavy atom. The van der Waals surface area contributed by atoms with Gasteiger partial charge in [-0.3, -0.25) is 9.59 Å². The third-order valence-corrected chi connectivity index (χ3v) is 6.94. The summed E-state index contributed by atoms with van der Waals surface area (Å²) in [5.74, 6) is -0.924. The van der Waals surface area contributed by atoms with E-state index in [2.05, 4.69) is 16.7 Å². The molecule has 1 unspecified atom stereocenters. The normalized spacial score (nSPS) is 15.4. The number of rotatable bonds is 8. The number of amides is 1. The van der Waals surface area contributed by atoms with Crippen LogP contribution in [0.2, 0.25) is 0 Å². The van der Waals surface area contributed by atoms with Crippen LogP contribution in [-0.2, 0) is 11.0 Å². The quantitative estimate of drug-likeness (QED) is 0.318. The maximum atomic E-state index is 13.4. The van der Waals surface area contributed by atoms with Crippen molar-refractivity contribution < 1.29 is 31.9 Å². The zero-order valence-corrected chi connectivity index (χ0v) is 21.6. The second kappa shape index (κ2) is 11.5. The first-order valence-electron chi connectivity index (χ1n) is 11.6. The molecule has 11 heteroatoms. The van der Waals surface area contributed by atoms with Crippen LogP contribution in [0.25, 0.3) is 0 Å². The molecule has 1 aliphatic rings. The summed E-state index contributed by atoms with van der Waals surface area (Å²) in [4.78, 5) is 26.2. The lowest BCUT2D eigenvalue weighted by atomic mass is 9.85. The van der Waals surface area contributed by atoms with Crippen molar-refractivity contribution in [1.29, 1.82) is 5.26 Å². The van der Waals surface area contributed by atoms with Gasteiger partial charge in [0.2, 0.25) is 0 Å². The van der Waals surface area contributed by atoms with E-state index in [1.807, 2.05) is 0 Å². The number of thioether (sulfide) groups is 1. The number of alkyl halides is 3. The molecule has 0 saturated carbocycles. The summed E-state index contributed by atoms with van der Waals surface area (Å²) >= 11 is 1.10. The molecular weight excluding hydrogens is 531 g/mol. The van der Waals surface area contributed by atoms with Crippen molar-refractivity contribution in [3.05, 3.63) is 106 Å². The van der Waals surface area contributed by atoms with Gasteiger partial charge in [-0.1, -0.05) is 17.8 Å². The topological polar surface area (TPSA) is 104 Å². The van der Waals surface area contributed by atoms with E-state index in [1.165, 1.54) is 25.5 Å². The Labute approximate surface area is 226 Å². The van der Waals surface area contributed by atoms with E-state index in [0.717, 1.165) is 23.9 Å². The first kappa shape index (κ1) is 27.6. The molecule has 1 amide bonds. The monoisotopic (exact) mass is 553 g/mol. The Morgan fingerprint density at radius 1 is 1.15 bits per heavy atom. The molecule has 2 heterocycles. The van der Waals surface area contributed by atoms with Gasteiger partial charge in [-0.15, -0.1) is 0 Å². The number of allylic oxidation sites excluding steroid dienone is 2. The van der Waals surface area contributed by atoms with Gasteiger partial charge in [0.1, 0.15) is 11.5 Å². The molecule has 39 heavy (non-hydrogen) atoms. The molecular formula is C28H22F3N3O4S. The number of ether oxygens (including phenoxy) is 1. The Hall–Kier alpha value is -4.43. The number of Topliss-reactive ketones (excluding diaryl/α,β-unsaturated/α-hetero) is 1. The maximum absolute atomic E-state index is 13.4. The predicted octanol–water partition coefficient (Wildman–Crippen LogP) is 6.26. The lowest BCUT2D eigenvalue weighted by Gasteiger charge is -2.28. The Balaban J connectivity index is 1.61. The van der Waals surface area contributed by atoms with Crippen LogP contribution in [0.5, 0.6) is 5.75 Å². The minimum atomic E-state index is -4.58. The van der Waals surface area contributed by atoms with E-state index in [1.54, 1.807) is 43.3 Å². The predicted molar refractivity (Wildman–Crippen MR) is 140 cm³/mol. The lowest BCUT2D eigenvalue weighted by molar-refractivity contribution is -0.137. The molecule has 0 fully saturated rings. The Morgan fingerprint density at radius 3 is 2.51 bits per heavy atom. The van der Waals surface area contributed by atoms with Gasteiger partial charge in [-0.2, -0.15) is 18.4 Å². The van der Waals surface area contributed by atoms with E-state index in [-0.39, 0.29) is 28.4 Å². The molecule has 0 radical (unpaired) electrons. The number of carbonyl (C=O) groups is 2. The average Bonchev–Trinajstić information content (AvgIpc) is 3.45. The average molecular weight is 554 g/mol. The van der Waals surface area contributed by atoms with Crippen LogP contribution < -0.4 is 15.4 Å². The fraction of sp³-hybridized carbons (Fsp3) is 0.179. The van der Waals surface area contributed by atoms with Gasteiger partial charge in [-0.05, 0) is 61.5 Å². The first-order valence-corrected chi connectivity index (χ1v) is 12.5. The smallest absolute Gasteiger partial charge is 0.416 e. The zero-order valence-electron chi connectivity index (χ0n) is 20.8. The van der Waals surface area contributed by atoms with Crippen LogP contribution in [0, 0.1) is 11.3 Å². The van der Waals surface area contributed by atoms with Crippen LogP contribution in [0.3, 0.4) is 0 Å². The highest BCUT2D eigenvalue weighted by atomic mass is 32.2. The van der Waals surface area contributed by atoms with Gasteiger partial charge in [0.25, 0.3) is 5.91 Å². The molecule has 2 aromatic carbocycles. The fourth-order valence-electron chi connectivity index (χ4n) is 4.04. The number of hydrogen-bond acceptors (Lipinski definition) is 7. The Kier molecular flexibility index (Phi) is 8.16. The third-order valence-electron chi connectivity index (χ3n) is 5.93. The van der Waals surface area contributed by atoms with Crippen molar-refractivity contribution in [3.8, 4) is 11.8 Å². The summed E-state index contributed by atoms with van der Waals surface area (Å²) in [7, 11) is 1.52. The van der Waals surface area contributed by atoms with Gasteiger partial charge >= 0.3 is 6.18 Å². The van der Waals surface area contributed by atoms with Gasteiger partial charge in [0.15, 0.2) is 5.78 Å². The minimum absolute atomic E-state index is 0.00373. The number of halogens is 3. The summed E-state index contributed by atoms with van der Waals surface area (Å²) < 4.78 is 50.2. The van der Waals surface area contributed by atoms with Gasteiger partial charge < -0.3 is 19.8 Å². The van der Waals surface area contributed by atoms with Gasteiger partial charge in [0.05, 0.1) is 52.9 Å². The number of anilines is 1. The number of dihydropyridines is 1. The van der Waals surface area contributed by atoms with E-state index < -0.39 is 23.6 Å². The number of nitrogens with one attached hydrogen (secondary N) is 2. The molecule has 3 aromatic rings. The summed E-state index contributed by atoms with van der Waals surface area (Å²) in [6.07, 6.45) is -3.19. The van der Waals surface area contributed by atoms with E-state index >= 15 is 0 Å². The van der Waals surface area contributed by atoms with E-state index in [9.17, 15) is 28.0 Å². The largest absolute Gasteiger partial charge is 0.497 e. The van der Waals surface area contributed by atoms with Crippen molar-refractivity contribution in [3.63, 3.8) is 0 Å². The molecule has 0 bridgehead atoms. The highest BCUT2D eigenvalue weighted by Crippen LogP contribution is 2.41. The minimum Gasteiger partial charge on any atom is -0.497 e. The summed E-state index contributed by atoms with van der Waals surface area (Å²) in [5.41, 5.74) is 0.102. The van der Waals surface area contributed by atoms with Crippen LogP contribution in [0.15, 0.2) is 93.2 Å². The molecule has 1 atom stereocenters. The lowest BCUT2D eigenvalue weighted by Crippen LogP contribution is -2.30. The molecule has 4 rings (SSSR count). The van der Waals surface area contributed by atoms with Crippen LogP contribution in [0.4, 0.5) is 18.9 Å². The standard InChI is InChI=1S/C28H22F3N3O4S/c1-16-24(26(36)34-19-6-3-5-18(13-19)28(29,30)31)25(23-7-4-12-38-23)21(14-32)27(33-16)39-15-22(35)17-8-10-20(37-2)11-9-17/h3-13,25,33H,15H2,1-2H3,(H,34,36). The zero-order chi connectivity index (χ0) is 28.2. The number of hydrogen-bond donors (Lipinski definition) is 2. The van der Waals surface area contributed by atoms with Crippen molar-refractivity contribution >= 4 is 29.1 Å². The molecule has 200 valence electrons. The van der Waals surface area contributed by atoms with E-state index in [0.29, 0.717) is 27.8 Å². The molecule has 1 aromatic heterocycles.